The number of carboxylic acid groups (broad SMARTS) is 1. The van der Waals surface area contributed by atoms with Gasteiger partial charge in [-0.3, -0.25) is 9.69 Å². The minimum Gasteiger partial charge on any atom is -0.478 e. The van der Waals surface area contributed by atoms with Gasteiger partial charge in [0.05, 0.1) is 28.5 Å². The third kappa shape index (κ3) is 4.15. The third-order valence-electron chi connectivity index (χ3n) is 5.32. The van der Waals surface area contributed by atoms with Crippen molar-refractivity contribution in [3.05, 3.63) is 99.9 Å². The van der Waals surface area contributed by atoms with Gasteiger partial charge < -0.3 is 10.0 Å². The summed E-state index contributed by atoms with van der Waals surface area (Å²) in [5.74, 6) is -1.08. The maximum atomic E-state index is 13.6. The number of aliphatic imine (C=N–C) groups is 1. The van der Waals surface area contributed by atoms with E-state index in [1.165, 1.54) is 23.9 Å². The molecule has 0 atom stereocenters. The molecule has 5 rings (SSSR count). The minimum atomic E-state index is -0.988. The van der Waals surface area contributed by atoms with E-state index in [2.05, 4.69) is 6.07 Å². The highest BCUT2D eigenvalue weighted by Gasteiger charge is 2.39. The number of thioether (sulfide) groups is 2. The van der Waals surface area contributed by atoms with Crippen molar-refractivity contribution in [2.75, 3.05) is 11.9 Å². The highest BCUT2D eigenvalue weighted by atomic mass is 32.2. The van der Waals surface area contributed by atoms with E-state index in [0.29, 0.717) is 22.3 Å². The van der Waals surface area contributed by atoms with Gasteiger partial charge >= 0.3 is 5.97 Å². The lowest BCUT2D eigenvalue weighted by molar-refractivity contribution is -0.122. The Morgan fingerprint density at radius 3 is 2.33 bits per heavy atom. The smallest absolute Gasteiger partial charge is 0.335 e. The molecule has 3 aromatic carbocycles. The Kier molecular flexibility index (Phi) is 5.70. The molecule has 3 aromatic rings. The van der Waals surface area contributed by atoms with Gasteiger partial charge in [0.15, 0.2) is 5.17 Å². The van der Waals surface area contributed by atoms with Crippen molar-refractivity contribution >= 4 is 51.9 Å². The molecule has 0 spiro atoms. The lowest BCUT2D eigenvalue weighted by atomic mass is 10.2. The standard InChI is InChI=1S/C25H19N3O3S2/c1-27-19-9-5-6-10-20(19)32-23(27)21-22(29)28(15-16-7-3-2-4-8-16)25(33-21)26-18-13-11-17(12-14-18)24(30)31/h2-14H,15H2,1H3,(H,30,31)/b23-21-,26-25?. The van der Waals surface area contributed by atoms with Gasteiger partial charge in [-0.2, -0.15) is 0 Å². The van der Waals surface area contributed by atoms with Crippen LogP contribution in [0.5, 0.6) is 0 Å². The zero-order valence-electron chi connectivity index (χ0n) is 17.6. The first kappa shape index (κ1) is 21.4. The van der Waals surface area contributed by atoms with Gasteiger partial charge in [-0.15, -0.1) is 0 Å². The number of amides is 1. The van der Waals surface area contributed by atoms with Crippen LogP contribution in [0, 0.1) is 0 Å². The largest absolute Gasteiger partial charge is 0.478 e. The molecular weight excluding hydrogens is 454 g/mol. The number of hydrogen-bond donors (Lipinski definition) is 1. The number of fused-ring (bicyclic) bond motifs is 1. The number of rotatable bonds is 4. The molecular formula is C25H19N3O3S2. The van der Waals surface area contributed by atoms with E-state index in [9.17, 15) is 9.59 Å². The quantitative estimate of drug-likeness (QED) is 0.500. The third-order valence-corrected chi connectivity index (χ3v) is 7.75. The fraction of sp³-hybridized carbons (Fsp3) is 0.0800. The second-order valence-electron chi connectivity index (χ2n) is 7.49. The van der Waals surface area contributed by atoms with Gasteiger partial charge in [-0.25, -0.2) is 9.79 Å². The molecule has 2 heterocycles. The number of benzene rings is 3. The summed E-state index contributed by atoms with van der Waals surface area (Å²) in [6.07, 6.45) is 0. The molecule has 2 aliphatic heterocycles. The summed E-state index contributed by atoms with van der Waals surface area (Å²) in [4.78, 5) is 34.9. The van der Waals surface area contributed by atoms with E-state index in [1.54, 1.807) is 28.8 Å². The van der Waals surface area contributed by atoms with E-state index in [4.69, 9.17) is 10.1 Å². The highest BCUT2D eigenvalue weighted by Crippen LogP contribution is 2.50. The molecule has 33 heavy (non-hydrogen) atoms. The molecule has 6 nitrogen and oxygen atoms in total. The van der Waals surface area contributed by atoms with Crippen molar-refractivity contribution in [3.63, 3.8) is 0 Å². The van der Waals surface area contributed by atoms with Crippen LogP contribution < -0.4 is 4.90 Å². The molecule has 1 N–H and O–H groups in total. The van der Waals surface area contributed by atoms with Crippen molar-refractivity contribution in [2.45, 2.75) is 11.4 Å². The first-order valence-corrected chi connectivity index (χ1v) is 11.8. The molecule has 1 saturated heterocycles. The number of nitrogens with zero attached hydrogens (tertiary/aromatic N) is 3. The van der Waals surface area contributed by atoms with Crippen LogP contribution in [0.15, 0.2) is 98.7 Å². The van der Waals surface area contributed by atoms with Crippen molar-refractivity contribution in [2.24, 2.45) is 4.99 Å². The van der Waals surface area contributed by atoms with E-state index < -0.39 is 5.97 Å². The minimum absolute atomic E-state index is 0.0908. The van der Waals surface area contributed by atoms with Crippen LogP contribution in [0.2, 0.25) is 0 Å². The SMILES string of the molecule is CN1/C(=C2/SC(=Nc3ccc(C(=O)O)cc3)N(Cc3ccccc3)C2=O)Sc2ccccc21. The van der Waals surface area contributed by atoms with Crippen LogP contribution in [0.4, 0.5) is 11.4 Å². The molecule has 164 valence electrons. The topological polar surface area (TPSA) is 73.2 Å². The summed E-state index contributed by atoms with van der Waals surface area (Å²) in [6.45, 7) is 0.400. The van der Waals surface area contributed by atoms with Crippen LogP contribution in [0.3, 0.4) is 0 Å². The lowest BCUT2D eigenvalue weighted by Crippen LogP contribution is -2.29. The van der Waals surface area contributed by atoms with Gasteiger partial charge in [0.25, 0.3) is 5.91 Å². The number of anilines is 1. The van der Waals surface area contributed by atoms with Crippen LogP contribution in [-0.4, -0.2) is 34.1 Å². The molecule has 0 saturated carbocycles. The normalized spacial score (nSPS) is 18.8. The van der Waals surface area contributed by atoms with E-state index in [1.807, 2.05) is 60.5 Å². The zero-order valence-corrected chi connectivity index (χ0v) is 19.3. The van der Waals surface area contributed by atoms with Gasteiger partial charge in [0, 0.05) is 11.9 Å². The lowest BCUT2D eigenvalue weighted by Gasteiger charge is -2.16. The summed E-state index contributed by atoms with van der Waals surface area (Å²) >= 11 is 2.93. The predicted molar refractivity (Wildman–Crippen MR) is 133 cm³/mol. The Morgan fingerprint density at radius 1 is 0.939 bits per heavy atom. The summed E-state index contributed by atoms with van der Waals surface area (Å²) in [7, 11) is 1.97. The monoisotopic (exact) mass is 473 g/mol. The highest BCUT2D eigenvalue weighted by molar-refractivity contribution is 8.19. The summed E-state index contributed by atoms with van der Waals surface area (Å²) in [5.41, 5.74) is 2.86. The number of amidine groups is 1. The summed E-state index contributed by atoms with van der Waals surface area (Å²) in [6, 6.07) is 24.2. The number of hydrogen-bond acceptors (Lipinski definition) is 6. The Balaban J connectivity index is 1.53. The molecule has 0 unspecified atom stereocenters. The number of para-hydroxylation sites is 1. The summed E-state index contributed by atoms with van der Waals surface area (Å²) < 4.78 is 0. The van der Waals surface area contributed by atoms with Gasteiger partial charge in [-0.05, 0) is 53.7 Å². The zero-order chi connectivity index (χ0) is 22.9. The molecule has 1 amide bonds. The van der Waals surface area contributed by atoms with Gasteiger partial charge in [0.1, 0.15) is 4.91 Å². The first-order chi connectivity index (χ1) is 16.0. The number of carboxylic acids is 1. The summed E-state index contributed by atoms with van der Waals surface area (Å²) in [5, 5.41) is 10.6. The number of carbonyl (C=O) groups is 2. The molecule has 0 bridgehead atoms. The van der Waals surface area contributed by atoms with Crippen LogP contribution in [0.1, 0.15) is 15.9 Å². The van der Waals surface area contributed by atoms with Crippen LogP contribution in [-0.2, 0) is 11.3 Å². The predicted octanol–water partition coefficient (Wildman–Crippen LogP) is 5.56. The Morgan fingerprint density at radius 2 is 1.64 bits per heavy atom. The fourth-order valence-corrected chi connectivity index (χ4v) is 5.96. The van der Waals surface area contributed by atoms with Crippen LogP contribution >= 0.6 is 23.5 Å². The average Bonchev–Trinajstić information content (AvgIpc) is 3.32. The molecule has 8 heteroatoms. The Labute approximate surface area is 199 Å². The van der Waals surface area contributed by atoms with Crippen LogP contribution in [0.25, 0.3) is 0 Å². The van der Waals surface area contributed by atoms with Crippen molar-refractivity contribution in [1.82, 2.24) is 4.90 Å². The first-order valence-electron chi connectivity index (χ1n) is 10.2. The molecule has 0 aromatic heterocycles. The van der Waals surface area contributed by atoms with E-state index >= 15 is 0 Å². The average molecular weight is 474 g/mol. The molecule has 0 radical (unpaired) electrons. The van der Waals surface area contributed by atoms with Crippen molar-refractivity contribution in [3.8, 4) is 0 Å². The van der Waals surface area contributed by atoms with Crippen molar-refractivity contribution < 1.29 is 14.7 Å². The second kappa shape index (κ2) is 8.80. The maximum Gasteiger partial charge on any atom is 0.335 e. The van der Waals surface area contributed by atoms with Gasteiger partial charge in [0.2, 0.25) is 0 Å². The fourth-order valence-electron chi connectivity index (χ4n) is 3.61. The van der Waals surface area contributed by atoms with Gasteiger partial charge in [-0.1, -0.05) is 54.2 Å². The van der Waals surface area contributed by atoms with Crippen molar-refractivity contribution in [1.29, 1.82) is 0 Å². The van der Waals surface area contributed by atoms with E-state index in [-0.39, 0.29) is 11.5 Å². The Hall–Kier alpha value is -3.49. The molecule has 1 fully saturated rings. The Bertz CT molecular complexity index is 1300. The maximum absolute atomic E-state index is 13.6. The van der Waals surface area contributed by atoms with E-state index in [0.717, 1.165) is 21.2 Å². The second-order valence-corrected chi connectivity index (χ2v) is 9.50. The molecule has 2 aliphatic rings. The molecule has 0 aliphatic carbocycles. The number of aromatic carboxylic acids is 1. The number of carbonyl (C=O) groups excluding carboxylic acids is 1.